The van der Waals surface area contributed by atoms with E-state index in [0.29, 0.717) is 5.54 Å². The summed E-state index contributed by atoms with van der Waals surface area (Å²) in [6, 6.07) is 10.8. The van der Waals surface area contributed by atoms with Crippen molar-refractivity contribution in [3.8, 4) is 0 Å². The fourth-order valence-corrected chi connectivity index (χ4v) is 2.40. The Hall–Kier alpha value is -0.860. The molecular weight excluding hydrogens is 220 g/mol. The van der Waals surface area contributed by atoms with E-state index in [2.05, 4.69) is 47.5 Å². The van der Waals surface area contributed by atoms with Gasteiger partial charge in [0.05, 0.1) is 0 Å². The molecule has 0 unspecified atom stereocenters. The highest BCUT2D eigenvalue weighted by molar-refractivity contribution is 5.16. The van der Waals surface area contributed by atoms with Crippen LogP contribution < -0.4 is 5.32 Å². The number of hydrogen-bond donors (Lipinski definition) is 1. The Morgan fingerprint density at radius 2 is 1.89 bits per heavy atom. The zero-order valence-corrected chi connectivity index (χ0v) is 12.4. The molecule has 102 valence electrons. The second-order valence-electron chi connectivity index (χ2n) is 5.01. The van der Waals surface area contributed by atoms with Gasteiger partial charge in [-0.15, -0.1) is 0 Å². The fourth-order valence-electron chi connectivity index (χ4n) is 2.40. The van der Waals surface area contributed by atoms with Gasteiger partial charge in [-0.2, -0.15) is 0 Å². The van der Waals surface area contributed by atoms with Gasteiger partial charge >= 0.3 is 0 Å². The first kappa shape index (κ1) is 15.2. The van der Waals surface area contributed by atoms with Crippen LogP contribution in [-0.2, 0) is 6.54 Å². The fraction of sp³-hybridized carbons (Fsp3) is 0.625. The minimum Gasteiger partial charge on any atom is -0.320 e. The molecule has 1 aliphatic rings. The number of nitrogens with one attached hydrogen (secondary N) is 1. The summed E-state index contributed by atoms with van der Waals surface area (Å²) in [5.74, 6) is 0. The number of benzene rings is 1. The van der Waals surface area contributed by atoms with E-state index in [4.69, 9.17) is 0 Å². The smallest absolute Gasteiger partial charge is 0.0239 e. The highest BCUT2D eigenvalue weighted by Gasteiger charge is 2.39. The van der Waals surface area contributed by atoms with Crippen molar-refractivity contribution in [1.29, 1.82) is 0 Å². The summed E-state index contributed by atoms with van der Waals surface area (Å²) in [5.41, 5.74) is 1.84. The van der Waals surface area contributed by atoms with Gasteiger partial charge in [-0.1, -0.05) is 44.2 Å². The molecule has 0 radical (unpaired) electrons. The van der Waals surface area contributed by atoms with Crippen molar-refractivity contribution in [3.63, 3.8) is 0 Å². The zero-order chi connectivity index (χ0) is 13.4. The predicted octanol–water partition coefficient (Wildman–Crippen LogP) is 3.29. The number of rotatable bonds is 5. The van der Waals surface area contributed by atoms with Crippen molar-refractivity contribution in [2.24, 2.45) is 0 Å². The third-order valence-electron chi connectivity index (χ3n) is 3.81. The highest BCUT2D eigenvalue weighted by Crippen LogP contribution is 2.34. The van der Waals surface area contributed by atoms with Crippen molar-refractivity contribution < 1.29 is 0 Å². The van der Waals surface area contributed by atoms with Gasteiger partial charge in [0.25, 0.3) is 0 Å². The van der Waals surface area contributed by atoms with Gasteiger partial charge in [0, 0.05) is 18.6 Å². The summed E-state index contributed by atoms with van der Waals surface area (Å²) in [5, 5.41) is 3.25. The first-order valence-electron chi connectivity index (χ1n) is 7.18. The van der Waals surface area contributed by atoms with E-state index in [1.54, 1.807) is 0 Å². The average Bonchev–Trinajstić information content (AvgIpc) is 2.44. The normalized spacial score (nSPS) is 22.9. The quantitative estimate of drug-likeness (QED) is 0.860. The van der Waals surface area contributed by atoms with Crippen LogP contribution in [0.25, 0.3) is 0 Å². The molecule has 1 fully saturated rings. The average molecular weight is 248 g/mol. The van der Waals surface area contributed by atoms with E-state index in [-0.39, 0.29) is 0 Å². The van der Waals surface area contributed by atoms with Gasteiger partial charge in [0.2, 0.25) is 0 Å². The van der Waals surface area contributed by atoms with Gasteiger partial charge in [0.1, 0.15) is 0 Å². The molecule has 1 aromatic rings. The van der Waals surface area contributed by atoms with Crippen molar-refractivity contribution in [1.82, 2.24) is 10.2 Å². The minimum absolute atomic E-state index is 0.416. The molecule has 1 aromatic carbocycles. The molecule has 2 rings (SSSR count). The second kappa shape index (κ2) is 7.55. The Balaban J connectivity index is 0.000000771. The summed E-state index contributed by atoms with van der Waals surface area (Å²) in [6.45, 7) is 9.84. The number of hydrogen-bond acceptors (Lipinski definition) is 2. The molecule has 1 heterocycles. The van der Waals surface area contributed by atoms with Crippen LogP contribution in [0.4, 0.5) is 0 Å². The number of likely N-dealkylation sites (tertiary alicyclic amines) is 1. The molecule has 1 N–H and O–H groups in total. The second-order valence-corrected chi connectivity index (χ2v) is 5.01. The van der Waals surface area contributed by atoms with Crippen LogP contribution >= 0.6 is 0 Å². The van der Waals surface area contributed by atoms with Gasteiger partial charge in [-0.25, -0.2) is 0 Å². The van der Waals surface area contributed by atoms with Crippen LogP contribution in [0.15, 0.2) is 30.3 Å². The molecule has 0 amide bonds. The largest absolute Gasteiger partial charge is 0.320 e. The van der Waals surface area contributed by atoms with Crippen LogP contribution in [0.3, 0.4) is 0 Å². The van der Waals surface area contributed by atoms with E-state index >= 15 is 0 Å². The lowest BCUT2D eigenvalue weighted by Crippen LogP contribution is -2.58. The summed E-state index contributed by atoms with van der Waals surface area (Å²) < 4.78 is 0. The predicted molar refractivity (Wildman–Crippen MR) is 79.8 cm³/mol. The van der Waals surface area contributed by atoms with Crippen molar-refractivity contribution in [2.75, 3.05) is 20.1 Å². The maximum atomic E-state index is 3.25. The monoisotopic (exact) mass is 248 g/mol. The molecule has 0 bridgehead atoms. The molecule has 1 aliphatic heterocycles. The molecule has 2 nitrogen and oxygen atoms in total. The summed E-state index contributed by atoms with van der Waals surface area (Å²) in [4.78, 5) is 2.60. The van der Waals surface area contributed by atoms with Gasteiger partial charge in [0.15, 0.2) is 0 Å². The van der Waals surface area contributed by atoms with E-state index in [1.807, 2.05) is 20.9 Å². The molecule has 2 heteroatoms. The Morgan fingerprint density at radius 1 is 1.22 bits per heavy atom. The van der Waals surface area contributed by atoms with Crippen molar-refractivity contribution >= 4 is 0 Å². The summed E-state index contributed by atoms with van der Waals surface area (Å²) >= 11 is 0. The van der Waals surface area contributed by atoms with E-state index < -0.39 is 0 Å². The van der Waals surface area contributed by atoms with Gasteiger partial charge in [-0.05, 0) is 38.9 Å². The van der Waals surface area contributed by atoms with Crippen LogP contribution in [0.1, 0.15) is 39.2 Å². The summed E-state index contributed by atoms with van der Waals surface area (Å²) in [7, 11) is 2.03. The van der Waals surface area contributed by atoms with Gasteiger partial charge in [-0.3, -0.25) is 4.90 Å². The highest BCUT2D eigenvalue weighted by atomic mass is 15.2. The van der Waals surface area contributed by atoms with Crippen LogP contribution in [0, 0.1) is 0 Å². The van der Waals surface area contributed by atoms with Crippen molar-refractivity contribution in [3.05, 3.63) is 35.9 Å². The third-order valence-corrected chi connectivity index (χ3v) is 3.81. The van der Waals surface area contributed by atoms with Crippen LogP contribution in [0.2, 0.25) is 0 Å². The number of nitrogens with zero attached hydrogens (tertiary/aromatic N) is 1. The minimum atomic E-state index is 0.416. The molecule has 0 aliphatic carbocycles. The van der Waals surface area contributed by atoms with Crippen LogP contribution in [-0.4, -0.2) is 30.6 Å². The lowest BCUT2D eigenvalue weighted by molar-refractivity contribution is -0.0132. The molecule has 18 heavy (non-hydrogen) atoms. The van der Waals surface area contributed by atoms with E-state index in [0.717, 1.165) is 13.1 Å². The zero-order valence-electron chi connectivity index (χ0n) is 12.4. The van der Waals surface area contributed by atoms with Gasteiger partial charge < -0.3 is 5.32 Å². The SMILES string of the molecule is CC.CNCC[C@]1(C)CCN1Cc1ccccc1. The molecule has 1 atom stereocenters. The Morgan fingerprint density at radius 3 is 2.39 bits per heavy atom. The van der Waals surface area contributed by atoms with Crippen molar-refractivity contribution in [2.45, 2.75) is 45.7 Å². The van der Waals surface area contributed by atoms with Crippen LogP contribution in [0.5, 0.6) is 0 Å². The topological polar surface area (TPSA) is 15.3 Å². The van der Waals surface area contributed by atoms with E-state index in [9.17, 15) is 0 Å². The molecule has 0 aromatic heterocycles. The maximum absolute atomic E-state index is 3.25. The Labute approximate surface area is 112 Å². The first-order chi connectivity index (χ1) is 8.74. The first-order valence-corrected chi connectivity index (χ1v) is 7.18. The third kappa shape index (κ3) is 3.82. The van der Waals surface area contributed by atoms with E-state index in [1.165, 1.54) is 24.9 Å². The molecule has 0 saturated carbocycles. The Bertz CT molecular complexity index is 323. The molecule has 0 spiro atoms. The maximum Gasteiger partial charge on any atom is 0.0239 e. The molecular formula is C16H28N2. The Kier molecular flexibility index (Phi) is 6.37. The lowest BCUT2D eigenvalue weighted by Gasteiger charge is -2.51. The molecule has 1 saturated heterocycles. The lowest BCUT2D eigenvalue weighted by atomic mass is 9.83. The summed E-state index contributed by atoms with van der Waals surface area (Å²) in [6.07, 6.45) is 2.58. The standard InChI is InChI=1S/C14H22N2.C2H6/c1-14(8-10-15-2)9-11-16(14)12-13-6-4-3-5-7-13;1-2/h3-7,15H,8-12H2,1-2H3;1-2H3/t14-;/m1./s1.